The first-order valence-corrected chi connectivity index (χ1v) is 7.49. The third-order valence-electron chi connectivity index (χ3n) is 3.75. The smallest absolute Gasteiger partial charge is 0.218 e. The highest BCUT2D eigenvalue weighted by Crippen LogP contribution is 2.30. The maximum atomic E-state index is 5.74. The van der Waals surface area contributed by atoms with E-state index in [1.807, 2.05) is 19.9 Å². The van der Waals surface area contributed by atoms with Gasteiger partial charge in [0, 0.05) is 24.3 Å². The highest BCUT2D eigenvalue weighted by atomic mass is 16.5. The molecule has 106 valence electrons. The molecule has 3 nitrogen and oxygen atoms in total. The Kier molecular flexibility index (Phi) is 5.20. The van der Waals surface area contributed by atoms with Gasteiger partial charge in [0.25, 0.3) is 0 Å². The molecule has 1 aromatic heterocycles. The van der Waals surface area contributed by atoms with E-state index >= 15 is 0 Å². The minimum Gasteiger partial charge on any atom is -0.475 e. The molecular weight excluding hydrogens is 236 g/mol. The second kappa shape index (κ2) is 6.90. The second-order valence-electron chi connectivity index (χ2n) is 5.95. The van der Waals surface area contributed by atoms with Crippen LogP contribution in [0.1, 0.15) is 52.0 Å². The summed E-state index contributed by atoms with van der Waals surface area (Å²) in [6.07, 6.45) is 7.51. The van der Waals surface area contributed by atoms with Crippen LogP contribution in [-0.2, 0) is 6.54 Å². The van der Waals surface area contributed by atoms with Gasteiger partial charge in [-0.3, -0.25) is 0 Å². The number of aromatic nitrogens is 1. The van der Waals surface area contributed by atoms with Crippen LogP contribution in [0, 0.1) is 5.92 Å². The normalized spacial score (nSPS) is 17.3. The molecule has 0 amide bonds. The van der Waals surface area contributed by atoms with Crippen molar-refractivity contribution in [3.05, 3.63) is 23.9 Å². The van der Waals surface area contributed by atoms with E-state index in [1.165, 1.54) is 25.7 Å². The summed E-state index contributed by atoms with van der Waals surface area (Å²) in [7, 11) is 0. The van der Waals surface area contributed by atoms with E-state index in [1.54, 1.807) is 6.20 Å². The lowest BCUT2D eigenvalue weighted by atomic mass is 9.81. The number of nitrogens with zero attached hydrogens (tertiary/aromatic N) is 1. The third-order valence-corrected chi connectivity index (χ3v) is 3.75. The van der Waals surface area contributed by atoms with Crippen molar-refractivity contribution < 1.29 is 4.74 Å². The second-order valence-corrected chi connectivity index (χ2v) is 5.95. The van der Waals surface area contributed by atoms with Gasteiger partial charge in [-0.2, -0.15) is 0 Å². The van der Waals surface area contributed by atoms with Crippen molar-refractivity contribution in [1.29, 1.82) is 0 Å². The lowest BCUT2D eigenvalue weighted by Crippen LogP contribution is -2.30. The van der Waals surface area contributed by atoms with Crippen LogP contribution in [0.3, 0.4) is 0 Å². The Balaban J connectivity index is 1.83. The van der Waals surface area contributed by atoms with Gasteiger partial charge < -0.3 is 10.1 Å². The quantitative estimate of drug-likeness (QED) is 0.816. The molecule has 1 atom stereocenters. The molecule has 3 heteroatoms. The fraction of sp³-hybridized carbons (Fsp3) is 0.688. The van der Waals surface area contributed by atoms with Crippen LogP contribution < -0.4 is 10.1 Å². The highest BCUT2D eigenvalue weighted by Gasteiger charge is 2.19. The Morgan fingerprint density at radius 1 is 1.37 bits per heavy atom. The van der Waals surface area contributed by atoms with E-state index < -0.39 is 0 Å². The topological polar surface area (TPSA) is 34.2 Å². The van der Waals surface area contributed by atoms with Crippen molar-refractivity contribution in [3.63, 3.8) is 0 Å². The molecule has 19 heavy (non-hydrogen) atoms. The molecule has 1 heterocycles. The van der Waals surface area contributed by atoms with Crippen molar-refractivity contribution in [1.82, 2.24) is 10.3 Å². The molecular formula is C16H26N2O. The van der Waals surface area contributed by atoms with Crippen molar-refractivity contribution >= 4 is 0 Å². The summed E-state index contributed by atoms with van der Waals surface area (Å²) < 4.78 is 5.74. The van der Waals surface area contributed by atoms with Gasteiger partial charge in [-0.15, -0.1) is 0 Å². The Morgan fingerprint density at radius 3 is 2.79 bits per heavy atom. The Hall–Kier alpha value is -1.09. The monoisotopic (exact) mass is 262 g/mol. The number of pyridine rings is 1. The summed E-state index contributed by atoms with van der Waals surface area (Å²) in [5.41, 5.74) is 1.15. The van der Waals surface area contributed by atoms with Gasteiger partial charge in [0.15, 0.2) is 0 Å². The van der Waals surface area contributed by atoms with E-state index in [0.29, 0.717) is 6.04 Å². The molecule has 1 fully saturated rings. The van der Waals surface area contributed by atoms with Crippen LogP contribution in [0.4, 0.5) is 0 Å². The predicted octanol–water partition coefficient (Wildman–Crippen LogP) is 3.54. The van der Waals surface area contributed by atoms with E-state index in [9.17, 15) is 0 Å². The highest BCUT2D eigenvalue weighted by molar-refractivity contribution is 5.25. The summed E-state index contributed by atoms with van der Waals surface area (Å²) in [5, 5.41) is 3.59. The van der Waals surface area contributed by atoms with Gasteiger partial charge in [0.05, 0.1) is 6.10 Å². The van der Waals surface area contributed by atoms with Crippen LogP contribution in [-0.4, -0.2) is 17.1 Å². The predicted molar refractivity (Wildman–Crippen MR) is 78.3 cm³/mol. The maximum Gasteiger partial charge on any atom is 0.218 e. The largest absolute Gasteiger partial charge is 0.475 e. The number of hydrogen-bond acceptors (Lipinski definition) is 3. The Bertz CT molecular complexity index is 388. The lowest BCUT2D eigenvalue weighted by molar-refractivity contribution is 0.228. The number of hydrogen-bond donors (Lipinski definition) is 1. The van der Waals surface area contributed by atoms with Crippen LogP contribution in [0.5, 0.6) is 5.88 Å². The van der Waals surface area contributed by atoms with Crippen LogP contribution in [0.25, 0.3) is 0 Å². The zero-order chi connectivity index (χ0) is 13.7. The molecule has 1 aliphatic carbocycles. The molecule has 2 rings (SSSR count). The van der Waals surface area contributed by atoms with Crippen LogP contribution in [0.2, 0.25) is 0 Å². The first-order valence-electron chi connectivity index (χ1n) is 7.49. The molecule has 0 aliphatic heterocycles. The Morgan fingerprint density at radius 2 is 2.16 bits per heavy atom. The first-order chi connectivity index (χ1) is 9.15. The molecule has 1 N–H and O–H groups in total. The van der Waals surface area contributed by atoms with Crippen molar-refractivity contribution in [3.8, 4) is 5.88 Å². The summed E-state index contributed by atoms with van der Waals surface area (Å²) in [6.45, 7) is 7.18. The van der Waals surface area contributed by atoms with E-state index in [-0.39, 0.29) is 6.10 Å². The zero-order valence-electron chi connectivity index (χ0n) is 12.4. The summed E-state index contributed by atoms with van der Waals surface area (Å²) in [6, 6.07) is 4.63. The lowest BCUT2D eigenvalue weighted by Gasteiger charge is -2.28. The van der Waals surface area contributed by atoms with Crippen molar-refractivity contribution in [2.24, 2.45) is 5.92 Å². The van der Waals surface area contributed by atoms with E-state index in [0.717, 1.165) is 23.9 Å². The van der Waals surface area contributed by atoms with Crippen LogP contribution >= 0.6 is 0 Å². The standard InChI is InChI=1S/C16H26N2O/c1-12(2)19-16-15(8-5-9-17-16)11-18-13(3)10-14-6-4-7-14/h5,8-9,12-14,18H,4,6-7,10-11H2,1-3H3. The molecule has 1 saturated carbocycles. The molecule has 0 saturated heterocycles. The van der Waals surface area contributed by atoms with Gasteiger partial charge in [-0.25, -0.2) is 4.98 Å². The summed E-state index contributed by atoms with van der Waals surface area (Å²) in [4.78, 5) is 4.32. The van der Waals surface area contributed by atoms with Crippen molar-refractivity contribution in [2.45, 2.75) is 65.1 Å². The van der Waals surface area contributed by atoms with Crippen LogP contribution in [0.15, 0.2) is 18.3 Å². The average Bonchev–Trinajstić information content (AvgIpc) is 2.32. The van der Waals surface area contributed by atoms with Gasteiger partial charge in [-0.1, -0.05) is 25.3 Å². The molecule has 0 radical (unpaired) electrons. The molecule has 1 aliphatic rings. The van der Waals surface area contributed by atoms with Gasteiger partial charge in [-0.05, 0) is 39.2 Å². The third kappa shape index (κ3) is 4.50. The van der Waals surface area contributed by atoms with Gasteiger partial charge >= 0.3 is 0 Å². The Labute approximate surface area is 116 Å². The summed E-state index contributed by atoms with van der Waals surface area (Å²) in [5.74, 6) is 1.71. The van der Waals surface area contributed by atoms with E-state index in [2.05, 4.69) is 23.3 Å². The minimum absolute atomic E-state index is 0.168. The average molecular weight is 262 g/mol. The molecule has 0 aromatic carbocycles. The summed E-state index contributed by atoms with van der Waals surface area (Å²) >= 11 is 0. The molecule has 0 bridgehead atoms. The molecule has 1 unspecified atom stereocenters. The van der Waals surface area contributed by atoms with E-state index in [4.69, 9.17) is 4.74 Å². The van der Waals surface area contributed by atoms with Gasteiger partial charge in [0.2, 0.25) is 5.88 Å². The number of nitrogens with one attached hydrogen (secondary N) is 1. The number of ether oxygens (including phenoxy) is 1. The molecule has 1 aromatic rings. The zero-order valence-corrected chi connectivity index (χ0v) is 12.4. The fourth-order valence-corrected chi connectivity index (χ4v) is 2.48. The SMILES string of the molecule is CC(CC1CCC1)NCc1cccnc1OC(C)C. The van der Waals surface area contributed by atoms with Crippen molar-refractivity contribution in [2.75, 3.05) is 0 Å². The minimum atomic E-state index is 0.168. The fourth-order valence-electron chi connectivity index (χ4n) is 2.48. The first kappa shape index (κ1) is 14.3. The molecule has 0 spiro atoms. The van der Waals surface area contributed by atoms with Gasteiger partial charge in [0.1, 0.15) is 0 Å². The maximum absolute atomic E-state index is 5.74. The number of rotatable bonds is 7.